The normalized spacial score (nSPS) is 11.0. The number of ether oxygens (including phenoxy) is 1. The molecule has 7 heteroatoms. The molecule has 0 amide bonds. The quantitative estimate of drug-likeness (QED) is 0.829. The maximum Gasteiger partial charge on any atom is 0.208 e. The molecule has 0 bridgehead atoms. The van der Waals surface area contributed by atoms with Gasteiger partial charge in [-0.15, -0.1) is 0 Å². The van der Waals surface area contributed by atoms with Crippen LogP contribution in [0.3, 0.4) is 0 Å². The Morgan fingerprint density at radius 1 is 1.25 bits per heavy atom. The number of rotatable bonds is 6. The van der Waals surface area contributed by atoms with Crippen LogP contribution >= 0.6 is 0 Å². The third kappa shape index (κ3) is 3.37. The average molecular weight is 286 g/mol. The van der Waals surface area contributed by atoms with E-state index in [1.807, 2.05) is 0 Å². The van der Waals surface area contributed by atoms with Gasteiger partial charge in [-0.2, -0.15) is 0 Å². The molecule has 108 valence electrons. The molecule has 4 nitrogen and oxygen atoms in total. The van der Waals surface area contributed by atoms with Gasteiger partial charge in [-0.1, -0.05) is 0 Å². The second-order valence-corrected chi connectivity index (χ2v) is 4.03. The van der Waals surface area contributed by atoms with Gasteiger partial charge in [0.2, 0.25) is 5.89 Å². The zero-order valence-electron chi connectivity index (χ0n) is 10.8. The highest BCUT2D eigenvalue weighted by atomic mass is 19.1. The average Bonchev–Trinajstić information content (AvgIpc) is 2.82. The van der Waals surface area contributed by atoms with Gasteiger partial charge in [0.25, 0.3) is 0 Å². The van der Waals surface area contributed by atoms with Gasteiger partial charge in [0, 0.05) is 25.8 Å². The van der Waals surface area contributed by atoms with E-state index in [2.05, 4.69) is 10.3 Å². The van der Waals surface area contributed by atoms with E-state index in [0.29, 0.717) is 31.8 Å². The van der Waals surface area contributed by atoms with Gasteiger partial charge in [-0.05, 0) is 0 Å². The molecule has 1 aromatic heterocycles. The molecule has 2 aromatic rings. The first-order chi connectivity index (χ1) is 9.61. The van der Waals surface area contributed by atoms with Gasteiger partial charge in [0.05, 0.1) is 24.9 Å². The lowest BCUT2D eigenvalue weighted by Crippen LogP contribution is -2.18. The molecular formula is C13H13F3N2O2. The predicted molar refractivity (Wildman–Crippen MR) is 65.4 cm³/mol. The maximum absolute atomic E-state index is 13.6. The SMILES string of the molecule is COCCNCc1ncc(-c2c(F)cc(F)cc2F)o1. The van der Waals surface area contributed by atoms with Crippen molar-refractivity contribution in [3.63, 3.8) is 0 Å². The third-order valence-corrected chi connectivity index (χ3v) is 2.57. The molecule has 20 heavy (non-hydrogen) atoms. The van der Waals surface area contributed by atoms with Crippen LogP contribution in [0.1, 0.15) is 5.89 Å². The van der Waals surface area contributed by atoms with Gasteiger partial charge in [0.15, 0.2) is 5.76 Å². The van der Waals surface area contributed by atoms with Crippen molar-refractivity contribution < 1.29 is 22.3 Å². The molecule has 0 aliphatic heterocycles. The summed E-state index contributed by atoms with van der Waals surface area (Å²) in [5.41, 5.74) is -0.429. The first kappa shape index (κ1) is 14.5. The number of nitrogens with one attached hydrogen (secondary N) is 1. The highest BCUT2D eigenvalue weighted by Gasteiger charge is 2.17. The monoisotopic (exact) mass is 286 g/mol. The Morgan fingerprint density at radius 2 is 1.95 bits per heavy atom. The molecule has 0 fully saturated rings. The second-order valence-electron chi connectivity index (χ2n) is 4.03. The molecule has 0 saturated carbocycles. The molecule has 0 aliphatic rings. The van der Waals surface area contributed by atoms with Crippen LogP contribution in [0.15, 0.2) is 22.7 Å². The van der Waals surface area contributed by atoms with Gasteiger partial charge in [-0.3, -0.25) is 0 Å². The van der Waals surface area contributed by atoms with E-state index in [0.717, 1.165) is 0 Å². The van der Waals surface area contributed by atoms with Crippen LogP contribution in [0.2, 0.25) is 0 Å². The largest absolute Gasteiger partial charge is 0.439 e. The summed E-state index contributed by atoms with van der Waals surface area (Å²) in [4.78, 5) is 3.90. The smallest absolute Gasteiger partial charge is 0.208 e. The van der Waals surface area contributed by atoms with Crippen molar-refractivity contribution in [1.82, 2.24) is 10.3 Å². The summed E-state index contributed by atoms with van der Waals surface area (Å²) in [6.45, 7) is 1.41. The molecule has 1 heterocycles. The maximum atomic E-state index is 13.6. The summed E-state index contributed by atoms with van der Waals surface area (Å²) in [6.07, 6.45) is 1.20. The fourth-order valence-electron chi connectivity index (χ4n) is 1.65. The molecule has 1 aromatic carbocycles. The first-order valence-corrected chi connectivity index (χ1v) is 5.91. The lowest BCUT2D eigenvalue weighted by molar-refractivity contribution is 0.198. The summed E-state index contributed by atoms with van der Waals surface area (Å²) >= 11 is 0. The van der Waals surface area contributed by atoms with E-state index in [4.69, 9.17) is 9.15 Å². The van der Waals surface area contributed by atoms with Crippen LogP contribution in [-0.4, -0.2) is 25.2 Å². The van der Waals surface area contributed by atoms with Crippen molar-refractivity contribution in [3.05, 3.63) is 41.7 Å². The lowest BCUT2D eigenvalue weighted by Gasteiger charge is -2.02. The molecular weight excluding hydrogens is 273 g/mol. The number of benzene rings is 1. The Bertz CT molecular complexity index is 564. The molecule has 0 radical (unpaired) electrons. The van der Waals surface area contributed by atoms with E-state index in [1.165, 1.54) is 6.20 Å². The second kappa shape index (κ2) is 6.53. The lowest BCUT2D eigenvalue weighted by atomic mass is 10.1. The first-order valence-electron chi connectivity index (χ1n) is 5.91. The third-order valence-electron chi connectivity index (χ3n) is 2.57. The minimum Gasteiger partial charge on any atom is -0.439 e. The van der Waals surface area contributed by atoms with Crippen LogP contribution in [0.4, 0.5) is 13.2 Å². The number of oxazole rings is 1. The van der Waals surface area contributed by atoms with Crippen LogP contribution in [0.25, 0.3) is 11.3 Å². The Morgan fingerprint density at radius 3 is 2.60 bits per heavy atom. The highest BCUT2D eigenvalue weighted by molar-refractivity contribution is 5.58. The van der Waals surface area contributed by atoms with Crippen LogP contribution in [-0.2, 0) is 11.3 Å². The molecule has 2 rings (SSSR count). The highest BCUT2D eigenvalue weighted by Crippen LogP contribution is 2.27. The number of aromatic nitrogens is 1. The molecule has 1 N–H and O–H groups in total. The topological polar surface area (TPSA) is 47.3 Å². The van der Waals surface area contributed by atoms with Crippen LogP contribution in [0, 0.1) is 17.5 Å². The van der Waals surface area contributed by atoms with E-state index in [1.54, 1.807) is 7.11 Å². The summed E-state index contributed by atoms with van der Waals surface area (Å²) in [6, 6.07) is 1.19. The van der Waals surface area contributed by atoms with Crippen LogP contribution in [0.5, 0.6) is 0 Å². The minimum absolute atomic E-state index is 0.0801. The fourth-order valence-corrected chi connectivity index (χ4v) is 1.65. The van der Waals surface area contributed by atoms with Gasteiger partial charge < -0.3 is 14.5 Å². The zero-order chi connectivity index (χ0) is 14.5. The Kier molecular flexibility index (Phi) is 4.75. The minimum atomic E-state index is -1.03. The van der Waals surface area contributed by atoms with Crippen molar-refractivity contribution in [3.8, 4) is 11.3 Å². The summed E-state index contributed by atoms with van der Waals surface area (Å²) < 4.78 is 50.0. The fraction of sp³-hybridized carbons (Fsp3) is 0.308. The summed E-state index contributed by atoms with van der Waals surface area (Å²) in [5, 5.41) is 2.98. The number of nitrogens with zero attached hydrogens (tertiary/aromatic N) is 1. The predicted octanol–water partition coefficient (Wildman–Crippen LogP) is 2.49. The molecule has 0 aliphatic carbocycles. The van der Waals surface area contributed by atoms with E-state index in [-0.39, 0.29) is 11.7 Å². The molecule has 0 unspecified atom stereocenters. The van der Waals surface area contributed by atoms with E-state index in [9.17, 15) is 13.2 Å². The van der Waals surface area contributed by atoms with Gasteiger partial charge >= 0.3 is 0 Å². The van der Waals surface area contributed by atoms with Crippen LogP contribution < -0.4 is 5.32 Å². The molecule has 0 saturated heterocycles. The van der Waals surface area contributed by atoms with Crippen molar-refractivity contribution >= 4 is 0 Å². The van der Waals surface area contributed by atoms with Gasteiger partial charge in [-0.25, -0.2) is 18.2 Å². The number of hydrogen-bond acceptors (Lipinski definition) is 4. The summed E-state index contributed by atoms with van der Waals surface area (Å²) in [7, 11) is 1.57. The Labute approximate surface area is 113 Å². The van der Waals surface area contributed by atoms with Crippen molar-refractivity contribution in [2.24, 2.45) is 0 Å². The Balaban J connectivity index is 2.13. The molecule has 0 atom stereocenters. The summed E-state index contributed by atoms with van der Waals surface area (Å²) in [5.74, 6) is -2.84. The Hall–Kier alpha value is -1.86. The molecule has 0 spiro atoms. The van der Waals surface area contributed by atoms with Crippen molar-refractivity contribution in [2.75, 3.05) is 20.3 Å². The number of halogens is 3. The van der Waals surface area contributed by atoms with E-state index >= 15 is 0 Å². The van der Waals surface area contributed by atoms with Gasteiger partial charge in [0.1, 0.15) is 17.5 Å². The number of hydrogen-bond donors (Lipinski definition) is 1. The number of methoxy groups -OCH3 is 1. The van der Waals surface area contributed by atoms with Crippen molar-refractivity contribution in [1.29, 1.82) is 0 Å². The van der Waals surface area contributed by atoms with Crippen molar-refractivity contribution in [2.45, 2.75) is 6.54 Å². The van der Waals surface area contributed by atoms with E-state index < -0.39 is 23.0 Å². The zero-order valence-corrected chi connectivity index (χ0v) is 10.8. The standard InChI is InChI=1S/C13H13F3N2O2/c1-19-3-2-17-7-12-18-6-11(20-12)13-9(15)4-8(14)5-10(13)16/h4-6,17H,2-3,7H2,1H3.